The quantitative estimate of drug-likeness (QED) is 0.564. The first-order valence-corrected chi connectivity index (χ1v) is 5.32. The molecule has 1 aromatic rings. The number of carbonyl (C=O) groups is 1. The van der Waals surface area contributed by atoms with Crippen LogP contribution in [0.15, 0.2) is 29.2 Å². The van der Waals surface area contributed by atoms with Gasteiger partial charge >= 0.3 is 5.97 Å². The van der Waals surface area contributed by atoms with Gasteiger partial charge in [-0.2, -0.15) is 0 Å². The standard InChI is InChI=1S/C10H12O3S/c1-12-10(11)7-13-8-3-5-9(14-2)6-4-8/h3-6H,7H2,1-2H3. The number of carbonyl (C=O) groups excluding carboxylic acids is 1. The summed E-state index contributed by atoms with van der Waals surface area (Å²) in [5.74, 6) is 0.298. The van der Waals surface area contributed by atoms with Crippen LogP contribution in [0.25, 0.3) is 0 Å². The van der Waals surface area contributed by atoms with Gasteiger partial charge in [-0.25, -0.2) is 4.79 Å². The van der Waals surface area contributed by atoms with Crippen molar-refractivity contribution in [3.63, 3.8) is 0 Å². The van der Waals surface area contributed by atoms with Gasteiger partial charge in [0.05, 0.1) is 7.11 Å². The molecule has 0 atom stereocenters. The van der Waals surface area contributed by atoms with Crippen LogP contribution in [0.3, 0.4) is 0 Å². The Kier molecular flexibility index (Phi) is 4.32. The minimum atomic E-state index is -0.376. The molecule has 0 fully saturated rings. The number of hydrogen-bond acceptors (Lipinski definition) is 4. The molecule has 0 aromatic heterocycles. The summed E-state index contributed by atoms with van der Waals surface area (Å²) >= 11 is 1.66. The average molecular weight is 212 g/mol. The van der Waals surface area contributed by atoms with Crippen LogP contribution < -0.4 is 4.74 Å². The monoisotopic (exact) mass is 212 g/mol. The first-order valence-electron chi connectivity index (χ1n) is 4.10. The van der Waals surface area contributed by atoms with Crippen molar-refractivity contribution in [1.29, 1.82) is 0 Å². The highest BCUT2D eigenvalue weighted by molar-refractivity contribution is 7.98. The fourth-order valence-electron chi connectivity index (χ4n) is 0.873. The van der Waals surface area contributed by atoms with E-state index in [2.05, 4.69) is 4.74 Å². The summed E-state index contributed by atoms with van der Waals surface area (Å²) in [6.07, 6.45) is 2.00. The molecule has 0 aliphatic carbocycles. The third kappa shape index (κ3) is 3.30. The summed E-state index contributed by atoms with van der Waals surface area (Å²) in [4.78, 5) is 11.9. The number of methoxy groups -OCH3 is 1. The van der Waals surface area contributed by atoms with E-state index in [9.17, 15) is 4.79 Å². The predicted molar refractivity (Wildman–Crippen MR) is 55.7 cm³/mol. The lowest BCUT2D eigenvalue weighted by atomic mass is 10.3. The molecule has 0 saturated carbocycles. The van der Waals surface area contributed by atoms with Crippen LogP contribution in [0.5, 0.6) is 5.75 Å². The SMILES string of the molecule is COC(=O)COc1ccc(SC)cc1. The largest absolute Gasteiger partial charge is 0.482 e. The van der Waals surface area contributed by atoms with Crippen molar-refractivity contribution >= 4 is 17.7 Å². The zero-order valence-corrected chi connectivity index (χ0v) is 8.97. The molecule has 4 heteroatoms. The van der Waals surface area contributed by atoms with Crippen molar-refractivity contribution in [1.82, 2.24) is 0 Å². The topological polar surface area (TPSA) is 35.5 Å². The fourth-order valence-corrected chi connectivity index (χ4v) is 1.28. The highest BCUT2D eigenvalue weighted by atomic mass is 32.2. The summed E-state index contributed by atoms with van der Waals surface area (Å²) in [6, 6.07) is 7.54. The highest BCUT2D eigenvalue weighted by Crippen LogP contribution is 2.18. The summed E-state index contributed by atoms with van der Waals surface area (Å²) in [7, 11) is 1.34. The Morgan fingerprint density at radius 3 is 2.50 bits per heavy atom. The first kappa shape index (κ1) is 10.9. The molecule has 0 unspecified atom stereocenters. The number of esters is 1. The molecule has 0 bridgehead atoms. The molecule has 0 spiro atoms. The van der Waals surface area contributed by atoms with E-state index in [0.717, 1.165) is 4.90 Å². The highest BCUT2D eigenvalue weighted by Gasteiger charge is 2.00. The second kappa shape index (κ2) is 5.54. The van der Waals surface area contributed by atoms with E-state index in [4.69, 9.17) is 4.74 Å². The molecule has 0 saturated heterocycles. The van der Waals surface area contributed by atoms with Crippen molar-refractivity contribution in [3.8, 4) is 5.75 Å². The second-order valence-corrected chi connectivity index (χ2v) is 3.42. The molecule has 0 amide bonds. The van der Waals surface area contributed by atoms with Gasteiger partial charge < -0.3 is 9.47 Å². The number of ether oxygens (including phenoxy) is 2. The van der Waals surface area contributed by atoms with Crippen molar-refractivity contribution in [2.24, 2.45) is 0 Å². The number of thioether (sulfide) groups is 1. The molecule has 0 heterocycles. The van der Waals surface area contributed by atoms with E-state index < -0.39 is 0 Å². The predicted octanol–water partition coefficient (Wildman–Crippen LogP) is 1.96. The van der Waals surface area contributed by atoms with E-state index in [1.54, 1.807) is 11.8 Å². The fraction of sp³-hybridized carbons (Fsp3) is 0.300. The second-order valence-electron chi connectivity index (χ2n) is 2.54. The van der Waals surface area contributed by atoms with Crippen LogP contribution in [0.1, 0.15) is 0 Å². The lowest BCUT2D eigenvalue weighted by molar-refractivity contribution is -0.142. The summed E-state index contributed by atoms with van der Waals surface area (Å²) in [5, 5.41) is 0. The van der Waals surface area contributed by atoms with Crippen LogP contribution in [0.2, 0.25) is 0 Å². The third-order valence-corrected chi connectivity index (χ3v) is 2.39. The van der Waals surface area contributed by atoms with E-state index in [0.29, 0.717) is 5.75 Å². The Morgan fingerprint density at radius 2 is 2.00 bits per heavy atom. The van der Waals surface area contributed by atoms with E-state index in [-0.39, 0.29) is 12.6 Å². The first-order chi connectivity index (χ1) is 6.76. The maximum atomic E-state index is 10.8. The van der Waals surface area contributed by atoms with Crippen molar-refractivity contribution < 1.29 is 14.3 Å². The van der Waals surface area contributed by atoms with Gasteiger partial charge in [-0.3, -0.25) is 0 Å². The van der Waals surface area contributed by atoms with E-state index in [1.165, 1.54) is 7.11 Å². The van der Waals surface area contributed by atoms with Crippen molar-refractivity contribution in [2.45, 2.75) is 4.90 Å². The van der Waals surface area contributed by atoms with Crippen LogP contribution >= 0.6 is 11.8 Å². The van der Waals surface area contributed by atoms with Crippen LogP contribution in [0.4, 0.5) is 0 Å². The van der Waals surface area contributed by atoms with Gasteiger partial charge in [0.15, 0.2) is 6.61 Å². The third-order valence-electron chi connectivity index (χ3n) is 1.64. The Balaban J connectivity index is 2.47. The molecule has 0 radical (unpaired) electrons. The molecule has 0 aliphatic heterocycles. The molecule has 14 heavy (non-hydrogen) atoms. The van der Waals surface area contributed by atoms with Gasteiger partial charge in [0.1, 0.15) is 5.75 Å². The summed E-state index contributed by atoms with van der Waals surface area (Å²) in [5.41, 5.74) is 0. The Bertz CT molecular complexity index is 295. The molecule has 1 rings (SSSR count). The van der Waals surface area contributed by atoms with Gasteiger partial charge in [0.25, 0.3) is 0 Å². The number of benzene rings is 1. The minimum absolute atomic E-state index is 0.0465. The summed E-state index contributed by atoms with van der Waals surface area (Å²) in [6.45, 7) is -0.0465. The van der Waals surface area contributed by atoms with Gasteiger partial charge in [-0.1, -0.05) is 0 Å². The molecule has 0 N–H and O–H groups in total. The molecular formula is C10H12O3S. The van der Waals surface area contributed by atoms with Gasteiger partial charge in [-0.15, -0.1) is 11.8 Å². The maximum absolute atomic E-state index is 10.8. The van der Waals surface area contributed by atoms with Crippen molar-refractivity contribution in [2.75, 3.05) is 20.0 Å². The van der Waals surface area contributed by atoms with Gasteiger partial charge in [0.2, 0.25) is 0 Å². The normalized spacial score (nSPS) is 9.57. The van der Waals surface area contributed by atoms with Crippen LogP contribution in [-0.4, -0.2) is 25.9 Å². The number of hydrogen-bond donors (Lipinski definition) is 0. The Morgan fingerprint density at radius 1 is 1.36 bits per heavy atom. The lowest BCUT2D eigenvalue weighted by Gasteiger charge is -2.04. The Labute approximate surface area is 87.4 Å². The number of rotatable bonds is 4. The molecule has 1 aromatic carbocycles. The lowest BCUT2D eigenvalue weighted by Crippen LogP contribution is -2.12. The van der Waals surface area contributed by atoms with Crippen LogP contribution in [-0.2, 0) is 9.53 Å². The molecule has 76 valence electrons. The minimum Gasteiger partial charge on any atom is -0.482 e. The zero-order valence-electron chi connectivity index (χ0n) is 8.15. The zero-order chi connectivity index (χ0) is 10.4. The van der Waals surface area contributed by atoms with Crippen molar-refractivity contribution in [3.05, 3.63) is 24.3 Å². The molecule has 3 nitrogen and oxygen atoms in total. The van der Waals surface area contributed by atoms with E-state index in [1.807, 2.05) is 30.5 Å². The maximum Gasteiger partial charge on any atom is 0.343 e. The summed E-state index contributed by atoms with van der Waals surface area (Å²) < 4.78 is 9.62. The van der Waals surface area contributed by atoms with Gasteiger partial charge in [0, 0.05) is 4.90 Å². The average Bonchev–Trinajstić information content (AvgIpc) is 2.26. The molecule has 0 aliphatic rings. The van der Waals surface area contributed by atoms with E-state index >= 15 is 0 Å². The smallest absolute Gasteiger partial charge is 0.343 e. The van der Waals surface area contributed by atoms with Gasteiger partial charge in [-0.05, 0) is 30.5 Å². The molecular weight excluding hydrogens is 200 g/mol. The van der Waals surface area contributed by atoms with Crippen LogP contribution in [0, 0.1) is 0 Å². The Hall–Kier alpha value is -1.16.